The van der Waals surface area contributed by atoms with E-state index in [1.807, 2.05) is 0 Å². The molecule has 8 heteroatoms. The molecule has 0 aromatic heterocycles. The van der Waals surface area contributed by atoms with E-state index in [2.05, 4.69) is 5.32 Å². The summed E-state index contributed by atoms with van der Waals surface area (Å²) in [5.41, 5.74) is 0.317. The van der Waals surface area contributed by atoms with Crippen LogP contribution in [-0.2, 0) is 4.79 Å². The van der Waals surface area contributed by atoms with Crippen molar-refractivity contribution < 1.29 is 19.6 Å². The first kappa shape index (κ1) is 17.4. The Bertz CT molecular complexity index is 575. The highest BCUT2D eigenvalue weighted by molar-refractivity contribution is 5.76. The quantitative estimate of drug-likeness (QED) is 0.616. The summed E-state index contributed by atoms with van der Waals surface area (Å²) >= 11 is 0. The van der Waals surface area contributed by atoms with Crippen molar-refractivity contribution in [2.75, 3.05) is 13.6 Å². The summed E-state index contributed by atoms with van der Waals surface area (Å²) in [6, 6.07) is 5.09. The number of rotatable bonds is 6. The van der Waals surface area contributed by atoms with Gasteiger partial charge in [-0.1, -0.05) is 25.1 Å². The number of nitrogens with one attached hydrogen (secondary N) is 1. The zero-order valence-corrected chi connectivity index (χ0v) is 12.6. The molecule has 1 aromatic carbocycles. The fourth-order valence-electron chi connectivity index (χ4n) is 1.96. The Morgan fingerprint density at radius 2 is 1.95 bits per heavy atom. The number of urea groups is 1. The number of carboxylic acids is 1. The number of benzene rings is 1. The third-order valence-corrected chi connectivity index (χ3v) is 3.26. The lowest BCUT2D eigenvalue weighted by molar-refractivity contribution is -0.385. The van der Waals surface area contributed by atoms with Crippen molar-refractivity contribution in [3.05, 3.63) is 39.9 Å². The molecule has 22 heavy (non-hydrogen) atoms. The van der Waals surface area contributed by atoms with Gasteiger partial charge < -0.3 is 15.3 Å². The van der Waals surface area contributed by atoms with Crippen molar-refractivity contribution in [2.45, 2.75) is 19.9 Å². The fraction of sp³-hybridized carbons (Fsp3) is 0.429. The van der Waals surface area contributed by atoms with Gasteiger partial charge in [0.25, 0.3) is 5.69 Å². The number of amides is 2. The number of carbonyl (C=O) groups excluding carboxylic acids is 1. The van der Waals surface area contributed by atoms with Crippen molar-refractivity contribution in [2.24, 2.45) is 5.92 Å². The lowest BCUT2D eigenvalue weighted by Gasteiger charge is -2.23. The van der Waals surface area contributed by atoms with Gasteiger partial charge in [-0.2, -0.15) is 0 Å². The number of carboxylic acid groups (broad SMARTS) is 1. The van der Waals surface area contributed by atoms with E-state index in [9.17, 15) is 19.7 Å². The van der Waals surface area contributed by atoms with Gasteiger partial charge >= 0.3 is 12.0 Å². The molecule has 8 nitrogen and oxygen atoms in total. The van der Waals surface area contributed by atoms with Crippen LogP contribution in [0, 0.1) is 16.0 Å². The van der Waals surface area contributed by atoms with Crippen LogP contribution in [-0.4, -0.2) is 40.5 Å². The second-order valence-electron chi connectivity index (χ2n) is 5.11. The maximum atomic E-state index is 12.0. The van der Waals surface area contributed by atoms with E-state index in [0.29, 0.717) is 5.56 Å². The van der Waals surface area contributed by atoms with Gasteiger partial charge in [-0.25, -0.2) is 4.79 Å². The van der Waals surface area contributed by atoms with Gasteiger partial charge in [-0.3, -0.25) is 14.9 Å². The maximum Gasteiger partial charge on any atom is 0.317 e. The summed E-state index contributed by atoms with van der Waals surface area (Å²) in [7, 11) is 1.47. The van der Waals surface area contributed by atoms with Gasteiger partial charge in [0.2, 0.25) is 0 Å². The third kappa shape index (κ3) is 4.44. The lowest BCUT2D eigenvalue weighted by Crippen LogP contribution is -2.41. The minimum absolute atomic E-state index is 0.0464. The molecule has 0 saturated carbocycles. The van der Waals surface area contributed by atoms with Crippen molar-refractivity contribution in [1.29, 1.82) is 0 Å². The molecule has 0 fully saturated rings. The Labute approximate surface area is 127 Å². The topological polar surface area (TPSA) is 113 Å². The smallest absolute Gasteiger partial charge is 0.317 e. The van der Waals surface area contributed by atoms with Crippen LogP contribution in [0.1, 0.15) is 25.5 Å². The molecule has 0 heterocycles. The number of carbonyl (C=O) groups is 2. The monoisotopic (exact) mass is 309 g/mol. The molecule has 1 rings (SSSR count). The Morgan fingerprint density at radius 1 is 1.36 bits per heavy atom. The van der Waals surface area contributed by atoms with Crippen molar-refractivity contribution in [3.63, 3.8) is 0 Å². The molecular weight excluding hydrogens is 290 g/mol. The zero-order valence-electron chi connectivity index (χ0n) is 12.6. The number of aliphatic carboxylic acids is 1. The van der Waals surface area contributed by atoms with E-state index in [0.717, 1.165) is 0 Å². The summed E-state index contributed by atoms with van der Waals surface area (Å²) < 4.78 is 0. The molecule has 2 amide bonds. The zero-order chi connectivity index (χ0) is 16.9. The van der Waals surface area contributed by atoms with Crippen LogP contribution >= 0.6 is 0 Å². The SMILES string of the molecule is CC(CN(C)C(=O)NC(C)c1ccccc1[N+](=O)[O-])C(=O)O. The minimum atomic E-state index is -0.994. The molecule has 1 aromatic rings. The molecule has 2 N–H and O–H groups in total. The van der Waals surface area contributed by atoms with Gasteiger partial charge in [0, 0.05) is 19.7 Å². The molecule has 2 unspecified atom stereocenters. The van der Waals surface area contributed by atoms with Crippen molar-refractivity contribution in [1.82, 2.24) is 10.2 Å². The van der Waals surface area contributed by atoms with Gasteiger partial charge in [-0.05, 0) is 6.92 Å². The summed E-state index contributed by atoms with van der Waals surface area (Å²) in [6.07, 6.45) is 0. The first-order valence-electron chi connectivity index (χ1n) is 6.71. The normalized spacial score (nSPS) is 13.0. The van der Waals surface area contributed by atoms with Crippen LogP contribution in [0.15, 0.2) is 24.3 Å². The van der Waals surface area contributed by atoms with Gasteiger partial charge in [0.05, 0.1) is 22.4 Å². The predicted octanol–water partition coefficient (Wildman–Crippen LogP) is 2.02. The number of nitro groups is 1. The Kier molecular flexibility index (Phi) is 5.85. The van der Waals surface area contributed by atoms with E-state index in [4.69, 9.17) is 5.11 Å². The van der Waals surface area contributed by atoms with Gasteiger partial charge in [0.1, 0.15) is 0 Å². The summed E-state index contributed by atoms with van der Waals surface area (Å²) in [4.78, 5) is 34.5. The molecule has 0 saturated heterocycles. The molecule has 0 aliphatic carbocycles. The Hall–Kier alpha value is -2.64. The summed E-state index contributed by atoms with van der Waals surface area (Å²) in [6.45, 7) is 3.18. The molecule has 0 aliphatic heterocycles. The van der Waals surface area contributed by atoms with Crippen LogP contribution in [0.3, 0.4) is 0 Å². The van der Waals surface area contributed by atoms with E-state index in [1.165, 1.54) is 24.9 Å². The number of para-hydroxylation sites is 1. The van der Waals surface area contributed by atoms with Crippen molar-refractivity contribution in [3.8, 4) is 0 Å². The van der Waals surface area contributed by atoms with Gasteiger partial charge in [0.15, 0.2) is 0 Å². The van der Waals surface area contributed by atoms with E-state index in [-0.39, 0.29) is 12.2 Å². The summed E-state index contributed by atoms with van der Waals surface area (Å²) in [5, 5.41) is 22.4. The largest absolute Gasteiger partial charge is 0.481 e. The van der Waals surface area contributed by atoms with Crippen LogP contribution in [0.4, 0.5) is 10.5 Å². The number of hydrogen-bond donors (Lipinski definition) is 2. The standard InChI is InChI=1S/C14H19N3O5/c1-9(13(18)19)8-16(3)14(20)15-10(2)11-6-4-5-7-12(11)17(21)22/h4-7,9-10H,8H2,1-3H3,(H,15,20)(H,18,19). The predicted molar refractivity (Wildman–Crippen MR) is 79.5 cm³/mol. The summed E-state index contributed by atoms with van der Waals surface area (Å²) in [5.74, 6) is -1.69. The molecule has 0 bridgehead atoms. The van der Waals surface area contributed by atoms with E-state index in [1.54, 1.807) is 25.1 Å². The third-order valence-electron chi connectivity index (χ3n) is 3.26. The molecule has 120 valence electrons. The number of nitrogens with zero attached hydrogens (tertiary/aromatic N) is 2. The highest BCUT2D eigenvalue weighted by Crippen LogP contribution is 2.24. The highest BCUT2D eigenvalue weighted by atomic mass is 16.6. The fourth-order valence-corrected chi connectivity index (χ4v) is 1.96. The van der Waals surface area contributed by atoms with Crippen LogP contribution in [0.2, 0.25) is 0 Å². The van der Waals surface area contributed by atoms with E-state index < -0.39 is 28.9 Å². The lowest BCUT2D eigenvalue weighted by atomic mass is 10.1. The van der Waals surface area contributed by atoms with Gasteiger partial charge in [-0.15, -0.1) is 0 Å². The Morgan fingerprint density at radius 3 is 2.50 bits per heavy atom. The Balaban J connectivity index is 2.76. The van der Waals surface area contributed by atoms with Crippen LogP contribution < -0.4 is 5.32 Å². The molecule has 0 spiro atoms. The number of hydrogen-bond acceptors (Lipinski definition) is 4. The maximum absolute atomic E-state index is 12.0. The first-order chi connectivity index (χ1) is 10.2. The number of nitro benzene ring substituents is 1. The average molecular weight is 309 g/mol. The van der Waals surface area contributed by atoms with Crippen LogP contribution in [0.5, 0.6) is 0 Å². The average Bonchev–Trinajstić information content (AvgIpc) is 2.46. The second kappa shape index (κ2) is 7.39. The van der Waals surface area contributed by atoms with E-state index >= 15 is 0 Å². The molecular formula is C14H19N3O5. The van der Waals surface area contributed by atoms with Crippen LogP contribution in [0.25, 0.3) is 0 Å². The first-order valence-corrected chi connectivity index (χ1v) is 6.71. The minimum Gasteiger partial charge on any atom is -0.481 e. The highest BCUT2D eigenvalue weighted by Gasteiger charge is 2.22. The second-order valence-corrected chi connectivity index (χ2v) is 5.11. The van der Waals surface area contributed by atoms with Crippen molar-refractivity contribution >= 4 is 17.7 Å². The molecule has 0 radical (unpaired) electrons. The molecule has 2 atom stereocenters. The molecule has 0 aliphatic rings.